The van der Waals surface area contributed by atoms with Gasteiger partial charge in [0.2, 0.25) is 0 Å². The third-order valence-corrected chi connectivity index (χ3v) is 4.29. The summed E-state index contributed by atoms with van der Waals surface area (Å²) in [5, 5.41) is 11.5. The maximum Gasteiger partial charge on any atom is 0.275 e. The lowest BCUT2D eigenvalue weighted by atomic mass is 9.93. The number of nitrogens with zero attached hydrogens (tertiary/aromatic N) is 2. The molecule has 0 amide bonds. The second kappa shape index (κ2) is 6.52. The smallest absolute Gasteiger partial charge is 0.275 e. The molecule has 0 aromatic heterocycles. The maximum atomic E-state index is 11.1. The molecule has 0 aliphatic carbocycles. The van der Waals surface area contributed by atoms with Gasteiger partial charge in [-0.1, -0.05) is 11.6 Å². The highest BCUT2D eigenvalue weighted by molar-refractivity contribution is 6.30. The summed E-state index contributed by atoms with van der Waals surface area (Å²) in [6.07, 6.45) is 2.22. The van der Waals surface area contributed by atoms with Gasteiger partial charge in [-0.3, -0.25) is 15.0 Å². The molecule has 110 valence electrons. The van der Waals surface area contributed by atoms with Crippen LogP contribution in [0.25, 0.3) is 0 Å². The number of halogens is 1. The Morgan fingerprint density at radius 1 is 1.50 bits per heavy atom. The molecule has 1 aromatic carbocycles. The van der Waals surface area contributed by atoms with Crippen LogP contribution in [0.1, 0.15) is 25.3 Å². The predicted molar refractivity (Wildman–Crippen MR) is 79.8 cm³/mol. The van der Waals surface area contributed by atoms with Crippen molar-refractivity contribution in [1.82, 2.24) is 4.90 Å². The van der Waals surface area contributed by atoms with Crippen molar-refractivity contribution >= 4 is 17.3 Å². The number of hydrogen-bond donors (Lipinski definition) is 1. The monoisotopic (exact) mass is 297 g/mol. The molecular weight excluding hydrogens is 278 g/mol. The van der Waals surface area contributed by atoms with Crippen molar-refractivity contribution in [1.29, 1.82) is 0 Å². The van der Waals surface area contributed by atoms with Gasteiger partial charge in [0.1, 0.15) is 0 Å². The number of nitrogens with two attached hydrogens (primary N) is 1. The van der Waals surface area contributed by atoms with Crippen molar-refractivity contribution < 1.29 is 4.92 Å². The molecule has 2 atom stereocenters. The molecule has 2 rings (SSSR count). The van der Waals surface area contributed by atoms with E-state index in [-0.39, 0.29) is 10.6 Å². The normalized spacial score (nSPS) is 23.8. The van der Waals surface area contributed by atoms with Crippen LogP contribution in [0, 0.1) is 16.0 Å². The Balaban J connectivity index is 2.18. The number of nitro benzene ring substituents is 1. The molecule has 0 spiro atoms. The summed E-state index contributed by atoms with van der Waals surface area (Å²) in [5.41, 5.74) is 6.56. The largest absolute Gasteiger partial charge is 0.330 e. The van der Waals surface area contributed by atoms with Crippen LogP contribution < -0.4 is 5.73 Å². The van der Waals surface area contributed by atoms with E-state index in [9.17, 15) is 10.1 Å². The third-order valence-electron chi connectivity index (χ3n) is 4.06. The van der Waals surface area contributed by atoms with Gasteiger partial charge >= 0.3 is 0 Å². The second-order valence-electron chi connectivity index (χ2n) is 5.49. The number of benzene rings is 1. The van der Waals surface area contributed by atoms with Crippen molar-refractivity contribution in [3.8, 4) is 0 Å². The molecule has 1 aliphatic heterocycles. The summed E-state index contributed by atoms with van der Waals surface area (Å²) in [4.78, 5) is 13.0. The zero-order valence-corrected chi connectivity index (χ0v) is 12.3. The number of piperidine rings is 1. The van der Waals surface area contributed by atoms with Crippen molar-refractivity contribution in [2.24, 2.45) is 11.7 Å². The zero-order valence-electron chi connectivity index (χ0n) is 11.6. The van der Waals surface area contributed by atoms with Crippen molar-refractivity contribution in [2.45, 2.75) is 32.4 Å². The lowest BCUT2D eigenvalue weighted by Gasteiger charge is -2.37. The summed E-state index contributed by atoms with van der Waals surface area (Å²) in [5.74, 6) is 0.484. The van der Waals surface area contributed by atoms with Crippen molar-refractivity contribution in [3.63, 3.8) is 0 Å². The van der Waals surface area contributed by atoms with Gasteiger partial charge in [0.25, 0.3) is 5.69 Å². The molecular formula is C14H20ClN3O2. The molecule has 1 saturated heterocycles. The average molecular weight is 298 g/mol. The molecule has 2 unspecified atom stereocenters. The molecule has 1 heterocycles. The van der Waals surface area contributed by atoms with Gasteiger partial charge in [0.05, 0.1) is 4.92 Å². The van der Waals surface area contributed by atoms with E-state index in [0.717, 1.165) is 19.4 Å². The van der Waals surface area contributed by atoms with Crippen LogP contribution in [-0.2, 0) is 6.54 Å². The Labute approximate surface area is 123 Å². The van der Waals surface area contributed by atoms with Crippen LogP contribution in [0.4, 0.5) is 5.69 Å². The van der Waals surface area contributed by atoms with Gasteiger partial charge < -0.3 is 5.73 Å². The first-order valence-corrected chi connectivity index (χ1v) is 7.26. The molecule has 20 heavy (non-hydrogen) atoms. The van der Waals surface area contributed by atoms with E-state index in [1.54, 1.807) is 12.1 Å². The SMILES string of the molecule is CC1CCC(CN)CN1Cc1ccc(Cl)cc1[N+](=O)[O-]. The van der Waals surface area contributed by atoms with E-state index in [1.807, 2.05) is 0 Å². The van der Waals surface area contributed by atoms with Gasteiger partial charge in [0, 0.05) is 35.8 Å². The van der Waals surface area contributed by atoms with Crippen LogP contribution in [0.3, 0.4) is 0 Å². The van der Waals surface area contributed by atoms with Crippen LogP contribution >= 0.6 is 11.6 Å². The number of likely N-dealkylation sites (tertiary alicyclic amines) is 1. The van der Waals surface area contributed by atoms with Crippen LogP contribution in [0.2, 0.25) is 5.02 Å². The fourth-order valence-electron chi connectivity index (χ4n) is 2.73. The maximum absolute atomic E-state index is 11.1. The van der Waals surface area contributed by atoms with Crippen LogP contribution in [0.15, 0.2) is 18.2 Å². The van der Waals surface area contributed by atoms with Crippen LogP contribution in [-0.4, -0.2) is 29.0 Å². The minimum atomic E-state index is -0.365. The summed E-state index contributed by atoms with van der Waals surface area (Å²) in [6, 6.07) is 5.30. The Morgan fingerprint density at radius 3 is 2.90 bits per heavy atom. The van der Waals surface area contributed by atoms with E-state index in [4.69, 9.17) is 17.3 Å². The molecule has 1 fully saturated rings. The molecule has 1 aromatic rings. The molecule has 0 radical (unpaired) electrons. The highest BCUT2D eigenvalue weighted by Crippen LogP contribution is 2.28. The van der Waals surface area contributed by atoms with Gasteiger partial charge in [-0.15, -0.1) is 0 Å². The Hall–Kier alpha value is -1.17. The molecule has 2 N–H and O–H groups in total. The Bertz CT molecular complexity index is 495. The fraction of sp³-hybridized carbons (Fsp3) is 0.571. The quantitative estimate of drug-likeness (QED) is 0.685. The topological polar surface area (TPSA) is 72.4 Å². The van der Waals surface area contributed by atoms with Crippen molar-refractivity contribution in [2.75, 3.05) is 13.1 Å². The van der Waals surface area contributed by atoms with Gasteiger partial charge in [-0.25, -0.2) is 0 Å². The van der Waals surface area contributed by atoms with E-state index in [0.29, 0.717) is 35.6 Å². The first-order chi connectivity index (χ1) is 9.51. The highest BCUT2D eigenvalue weighted by Gasteiger charge is 2.26. The fourth-order valence-corrected chi connectivity index (χ4v) is 2.90. The second-order valence-corrected chi connectivity index (χ2v) is 5.92. The lowest BCUT2D eigenvalue weighted by molar-refractivity contribution is -0.385. The predicted octanol–water partition coefficient (Wildman–Crippen LogP) is 2.81. The number of hydrogen-bond acceptors (Lipinski definition) is 4. The van der Waals surface area contributed by atoms with Gasteiger partial charge in [-0.2, -0.15) is 0 Å². The summed E-state index contributed by atoms with van der Waals surface area (Å²) in [7, 11) is 0. The zero-order chi connectivity index (χ0) is 14.7. The van der Waals surface area contributed by atoms with E-state index in [2.05, 4.69) is 11.8 Å². The Morgan fingerprint density at radius 2 is 2.25 bits per heavy atom. The molecule has 0 saturated carbocycles. The van der Waals surface area contributed by atoms with Gasteiger partial charge in [0.15, 0.2) is 0 Å². The summed E-state index contributed by atoms with van der Waals surface area (Å²) >= 11 is 5.84. The molecule has 0 bridgehead atoms. The van der Waals surface area contributed by atoms with Gasteiger partial charge in [-0.05, 0) is 44.4 Å². The Kier molecular flexibility index (Phi) is 4.96. The summed E-state index contributed by atoms with van der Waals surface area (Å²) in [6.45, 7) is 4.31. The van der Waals surface area contributed by atoms with E-state index >= 15 is 0 Å². The van der Waals surface area contributed by atoms with E-state index < -0.39 is 0 Å². The minimum absolute atomic E-state index is 0.0968. The minimum Gasteiger partial charge on any atom is -0.330 e. The average Bonchev–Trinajstić information content (AvgIpc) is 2.42. The number of nitro groups is 1. The first-order valence-electron chi connectivity index (χ1n) is 6.88. The lowest BCUT2D eigenvalue weighted by Crippen LogP contribution is -2.43. The third kappa shape index (κ3) is 3.48. The van der Waals surface area contributed by atoms with Crippen LogP contribution in [0.5, 0.6) is 0 Å². The molecule has 6 heteroatoms. The molecule has 1 aliphatic rings. The van der Waals surface area contributed by atoms with Crippen molar-refractivity contribution in [3.05, 3.63) is 38.9 Å². The molecule has 5 nitrogen and oxygen atoms in total. The summed E-state index contributed by atoms with van der Waals surface area (Å²) < 4.78 is 0. The first kappa shape index (κ1) is 15.2. The van der Waals surface area contributed by atoms with E-state index in [1.165, 1.54) is 6.07 Å². The standard InChI is InChI=1S/C14H20ClN3O2/c1-10-2-3-11(7-16)8-17(10)9-12-4-5-13(15)6-14(12)18(19)20/h4-6,10-11H,2-3,7-9,16H2,1H3. The highest BCUT2D eigenvalue weighted by atomic mass is 35.5. The number of rotatable bonds is 4.